The van der Waals surface area contributed by atoms with Crippen LogP contribution < -0.4 is 14.8 Å². The van der Waals surface area contributed by atoms with Crippen molar-refractivity contribution in [3.63, 3.8) is 0 Å². The zero-order chi connectivity index (χ0) is 22.7. The molecule has 4 rings (SSSR count). The van der Waals surface area contributed by atoms with Crippen LogP contribution in [0.2, 0.25) is 0 Å². The number of benzene rings is 2. The average Bonchev–Trinajstić information content (AvgIpc) is 3.61. The molecule has 160 valence electrons. The molecule has 1 saturated carbocycles. The Kier molecular flexibility index (Phi) is 5.61. The van der Waals surface area contributed by atoms with Gasteiger partial charge in [0.1, 0.15) is 5.82 Å². The number of nitriles is 1. The maximum atomic E-state index is 13.7. The third kappa shape index (κ3) is 3.67. The molecule has 0 spiro atoms. The number of Topliss-reactive ketones (excluding diaryl/α,β-unsaturated/α-hetero) is 1. The Morgan fingerprint density at radius 1 is 1.06 bits per heavy atom. The van der Waals surface area contributed by atoms with Crippen molar-refractivity contribution in [2.45, 2.75) is 11.8 Å². The molecule has 1 fully saturated rings. The number of rotatable bonds is 7. The molecule has 0 bridgehead atoms. The largest absolute Gasteiger partial charge is 0.493 e. The van der Waals surface area contributed by atoms with Crippen LogP contribution in [0.3, 0.4) is 0 Å². The lowest BCUT2D eigenvalue weighted by Crippen LogP contribution is -2.28. The summed E-state index contributed by atoms with van der Waals surface area (Å²) in [7, 11) is 3.04. The predicted octanol–water partition coefficient (Wildman–Crippen LogP) is 3.75. The number of hydrogen-bond donors (Lipinski definition) is 1. The fourth-order valence-electron chi connectivity index (χ4n) is 4.03. The van der Waals surface area contributed by atoms with Gasteiger partial charge in [-0.3, -0.25) is 9.59 Å². The first-order chi connectivity index (χ1) is 15.5. The summed E-state index contributed by atoms with van der Waals surface area (Å²) in [6.07, 6.45) is 1.83. The molecule has 2 unspecified atom stereocenters. The molecule has 7 heteroatoms. The van der Waals surface area contributed by atoms with Gasteiger partial charge in [0.05, 0.1) is 37.2 Å². The first kappa shape index (κ1) is 21.1. The number of pyridine rings is 1. The molecule has 0 aliphatic heterocycles. The second-order valence-corrected chi connectivity index (χ2v) is 7.52. The van der Waals surface area contributed by atoms with E-state index < -0.39 is 11.3 Å². The lowest BCUT2D eigenvalue weighted by molar-refractivity contribution is -0.117. The predicted molar refractivity (Wildman–Crippen MR) is 118 cm³/mol. The molecular weight excluding hydrogens is 406 g/mol. The van der Waals surface area contributed by atoms with Crippen molar-refractivity contribution in [1.82, 2.24) is 4.98 Å². The Morgan fingerprint density at radius 2 is 1.81 bits per heavy atom. The lowest BCUT2D eigenvalue weighted by Gasteiger charge is -2.18. The molecule has 3 aromatic rings. The fraction of sp³-hybridized carbons (Fsp3) is 0.200. The number of ketones is 1. The van der Waals surface area contributed by atoms with Gasteiger partial charge >= 0.3 is 0 Å². The molecule has 1 heterocycles. The molecule has 1 N–H and O–H groups in total. The van der Waals surface area contributed by atoms with Crippen molar-refractivity contribution in [3.8, 4) is 17.6 Å². The number of ether oxygens (including phenoxy) is 2. The van der Waals surface area contributed by atoms with Crippen LogP contribution in [0.4, 0.5) is 5.82 Å². The highest BCUT2D eigenvalue weighted by atomic mass is 16.5. The van der Waals surface area contributed by atoms with Crippen LogP contribution in [0.25, 0.3) is 0 Å². The second-order valence-electron chi connectivity index (χ2n) is 7.52. The number of anilines is 1. The number of nitrogens with zero attached hydrogens (tertiary/aromatic N) is 2. The first-order valence-electron chi connectivity index (χ1n) is 10.0. The van der Waals surface area contributed by atoms with E-state index in [9.17, 15) is 9.59 Å². The maximum absolute atomic E-state index is 13.7. The number of aromatic nitrogens is 1. The van der Waals surface area contributed by atoms with Crippen molar-refractivity contribution in [2.24, 2.45) is 5.92 Å². The van der Waals surface area contributed by atoms with Crippen molar-refractivity contribution in [1.29, 1.82) is 5.26 Å². The molecule has 2 aromatic carbocycles. The molecule has 1 aromatic heterocycles. The Balaban J connectivity index is 1.67. The molecule has 1 aliphatic rings. The highest BCUT2D eigenvalue weighted by Gasteiger charge is 2.64. The minimum Gasteiger partial charge on any atom is -0.493 e. The lowest BCUT2D eigenvalue weighted by atomic mass is 9.85. The molecule has 1 aliphatic carbocycles. The van der Waals surface area contributed by atoms with Gasteiger partial charge in [0, 0.05) is 11.8 Å². The summed E-state index contributed by atoms with van der Waals surface area (Å²) >= 11 is 0. The molecule has 1 amide bonds. The first-order valence-corrected chi connectivity index (χ1v) is 10.0. The normalized spacial score (nSPS) is 18.8. The van der Waals surface area contributed by atoms with Gasteiger partial charge in [0.15, 0.2) is 17.3 Å². The van der Waals surface area contributed by atoms with E-state index in [4.69, 9.17) is 14.7 Å². The van der Waals surface area contributed by atoms with Crippen LogP contribution in [0.15, 0.2) is 66.9 Å². The topological polar surface area (TPSA) is 101 Å². The number of carbonyl (C=O) groups is 2. The Labute approximate surface area is 185 Å². The highest BCUT2D eigenvalue weighted by Crippen LogP contribution is 2.57. The van der Waals surface area contributed by atoms with Gasteiger partial charge in [0.2, 0.25) is 5.91 Å². The summed E-state index contributed by atoms with van der Waals surface area (Å²) in [5.74, 6) is 0.195. The third-order valence-electron chi connectivity index (χ3n) is 5.76. The van der Waals surface area contributed by atoms with Crippen LogP contribution in [0.1, 0.15) is 27.9 Å². The summed E-state index contributed by atoms with van der Waals surface area (Å²) < 4.78 is 10.6. The number of amides is 1. The van der Waals surface area contributed by atoms with Crippen LogP contribution in [-0.2, 0) is 10.2 Å². The average molecular weight is 427 g/mol. The summed E-state index contributed by atoms with van der Waals surface area (Å²) in [6.45, 7) is 0. The zero-order valence-corrected chi connectivity index (χ0v) is 17.7. The van der Waals surface area contributed by atoms with E-state index in [0.717, 1.165) is 5.56 Å². The van der Waals surface area contributed by atoms with Gasteiger partial charge in [-0.2, -0.15) is 5.26 Å². The summed E-state index contributed by atoms with van der Waals surface area (Å²) in [4.78, 5) is 30.9. The van der Waals surface area contributed by atoms with Gasteiger partial charge in [-0.1, -0.05) is 30.3 Å². The zero-order valence-electron chi connectivity index (χ0n) is 17.7. The van der Waals surface area contributed by atoms with Gasteiger partial charge < -0.3 is 14.8 Å². The minimum atomic E-state index is -0.988. The SMILES string of the molecule is COc1ccc(C(=O)C2(c3ccccc3)CC2C(=O)Nc2cc(C#N)ccn2)cc1OC. The van der Waals surface area contributed by atoms with Gasteiger partial charge in [-0.15, -0.1) is 0 Å². The Morgan fingerprint density at radius 3 is 2.50 bits per heavy atom. The number of hydrogen-bond acceptors (Lipinski definition) is 6. The van der Waals surface area contributed by atoms with Crippen molar-refractivity contribution < 1.29 is 19.1 Å². The van der Waals surface area contributed by atoms with E-state index in [2.05, 4.69) is 10.3 Å². The van der Waals surface area contributed by atoms with E-state index >= 15 is 0 Å². The minimum absolute atomic E-state index is 0.163. The van der Waals surface area contributed by atoms with Gasteiger partial charge in [-0.05, 0) is 42.3 Å². The van der Waals surface area contributed by atoms with E-state index in [1.54, 1.807) is 24.3 Å². The molecule has 0 saturated heterocycles. The van der Waals surface area contributed by atoms with E-state index in [-0.39, 0.29) is 17.5 Å². The summed E-state index contributed by atoms with van der Waals surface area (Å²) in [6, 6.07) is 19.4. The number of carbonyl (C=O) groups excluding carboxylic acids is 2. The fourth-order valence-corrected chi connectivity index (χ4v) is 4.03. The van der Waals surface area contributed by atoms with Crippen LogP contribution in [0, 0.1) is 17.2 Å². The summed E-state index contributed by atoms with van der Waals surface area (Å²) in [5.41, 5.74) is 0.615. The quantitative estimate of drug-likeness (QED) is 0.576. The highest BCUT2D eigenvalue weighted by molar-refractivity contribution is 6.12. The van der Waals surface area contributed by atoms with Gasteiger partial charge in [0.25, 0.3) is 0 Å². The molecule has 2 atom stereocenters. The Bertz CT molecular complexity index is 1220. The van der Waals surface area contributed by atoms with E-state index in [0.29, 0.717) is 29.0 Å². The molecular formula is C25H21N3O4. The molecule has 0 radical (unpaired) electrons. The maximum Gasteiger partial charge on any atom is 0.230 e. The van der Waals surface area contributed by atoms with Crippen LogP contribution in [-0.4, -0.2) is 30.9 Å². The van der Waals surface area contributed by atoms with Crippen molar-refractivity contribution >= 4 is 17.5 Å². The van der Waals surface area contributed by atoms with Crippen LogP contribution in [0.5, 0.6) is 11.5 Å². The van der Waals surface area contributed by atoms with Crippen LogP contribution >= 0.6 is 0 Å². The molecule has 7 nitrogen and oxygen atoms in total. The van der Waals surface area contributed by atoms with E-state index in [1.807, 2.05) is 36.4 Å². The third-order valence-corrected chi connectivity index (χ3v) is 5.76. The summed E-state index contributed by atoms with van der Waals surface area (Å²) in [5, 5.41) is 11.8. The second kappa shape index (κ2) is 8.52. The smallest absolute Gasteiger partial charge is 0.230 e. The van der Waals surface area contributed by atoms with E-state index in [1.165, 1.54) is 26.5 Å². The monoisotopic (exact) mass is 427 g/mol. The Hall–Kier alpha value is -4.18. The van der Waals surface area contributed by atoms with Crippen molar-refractivity contribution in [3.05, 3.63) is 83.6 Å². The van der Waals surface area contributed by atoms with Gasteiger partial charge in [-0.25, -0.2) is 4.98 Å². The number of methoxy groups -OCH3 is 2. The number of nitrogens with one attached hydrogen (secondary N) is 1. The van der Waals surface area contributed by atoms with Crippen molar-refractivity contribution in [2.75, 3.05) is 19.5 Å². The molecule has 32 heavy (non-hydrogen) atoms. The standard InChI is InChI=1S/C25H21N3O4/c1-31-20-9-8-17(13-21(20)32-2)23(29)25(18-6-4-3-5-7-18)14-19(25)24(30)28-22-12-16(15-26)10-11-27-22/h3-13,19H,14H2,1-2H3,(H,27,28,30).